The monoisotopic (exact) mass is 498 g/mol. The van der Waals surface area contributed by atoms with E-state index in [1.165, 1.54) is 4.90 Å². The first-order valence-corrected chi connectivity index (χ1v) is 12.2. The van der Waals surface area contributed by atoms with E-state index in [0.29, 0.717) is 30.7 Å². The highest BCUT2D eigenvalue weighted by molar-refractivity contribution is 6.04. The van der Waals surface area contributed by atoms with Crippen LogP contribution >= 0.6 is 0 Å². The molecule has 1 aromatic rings. The van der Waals surface area contributed by atoms with Crippen molar-refractivity contribution in [3.05, 3.63) is 49.6 Å². The van der Waals surface area contributed by atoms with E-state index in [-0.39, 0.29) is 38.1 Å². The fourth-order valence-electron chi connectivity index (χ4n) is 6.11. The molecule has 9 heteroatoms. The van der Waals surface area contributed by atoms with Gasteiger partial charge in [-0.3, -0.25) is 14.4 Å². The van der Waals surface area contributed by atoms with Gasteiger partial charge in [0, 0.05) is 18.8 Å². The Hall–Kier alpha value is -3.17. The number of rotatable bonds is 11. The number of fused-ring (bicyclic) bond motifs is 1. The van der Waals surface area contributed by atoms with Crippen LogP contribution < -0.4 is 9.64 Å². The normalized spacial score (nSPS) is 30.1. The summed E-state index contributed by atoms with van der Waals surface area (Å²) in [6, 6.07) is 6.02. The third-order valence-electron chi connectivity index (χ3n) is 7.63. The largest absolute Gasteiger partial charge is 0.497 e. The molecule has 36 heavy (non-hydrogen) atoms. The molecular formula is C27H34N2O7. The van der Waals surface area contributed by atoms with Crippen molar-refractivity contribution in [1.29, 1.82) is 0 Å². The van der Waals surface area contributed by atoms with Gasteiger partial charge in [0.1, 0.15) is 23.3 Å². The molecule has 3 aliphatic rings. The predicted octanol–water partition coefficient (Wildman–Crippen LogP) is 2.09. The molecule has 9 nitrogen and oxygen atoms in total. The number of ether oxygens (including phenoxy) is 3. The lowest BCUT2D eigenvalue weighted by atomic mass is 9.66. The fourth-order valence-corrected chi connectivity index (χ4v) is 6.11. The summed E-state index contributed by atoms with van der Waals surface area (Å²) < 4.78 is 17.2. The first-order chi connectivity index (χ1) is 17.3. The zero-order valence-corrected chi connectivity index (χ0v) is 20.9. The van der Waals surface area contributed by atoms with Crippen molar-refractivity contribution in [2.45, 2.75) is 43.4 Å². The minimum absolute atomic E-state index is 0.0453. The number of nitrogens with zero attached hydrogens (tertiary/aromatic N) is 2. The standard InChI is InChI=1S/C27H34N2O7/c1-5-7-17-35-25(33)21-20-23(31)29(15-16-30)22(27(20)13-12-26(21,3)36-27)24(32)28(14-6-2)18-8-10-19(34-4)11-9-18/h5-6,8-11,20-22,30H,1-2,7,12-17H2,3-4H3/t20-,21+,22?,26-,27?/m0/s1. The molecular weight excluding hydrogens is 464 g/mol. The minimum atomic E-state index is -1.19. The van der Waals surface area contributed by atoms with E-state index in [0.717, 1.165) is 0 Å². The van der Waals surface area contributed by atoms with E-state index in [1.54, 1.807) is 48.4 Å². The number of likely N-dealkylation sites (tertiary alicyclic amines) is 1. The summed E-state index contributed by atoms with van der Waals surface area (Å²) in [5.74, 6) is -2.29. The third-order valence-corrected chi connectivity index (χ3v) is 7.63. The highest BCUT2D eigenvalue weighted by atomic mass is 16.6. The summed E-state index contributed by atoms with van der Waals surface area (Å²) in [6.07, 6.45) is 4.71. The second-order valence-electron chi connectivity index (χ2n) is 9.66. The lowest BCUT2D eigenvalue weighted by Crippen LogP contribution is -2.56. The third kappa shape index (κ3) is 4.00. The van der Waals surface area contributed by atoms with E-state index in [1.807, 2.05) is 6.92 Å². The zero-order chi connectivity index (χ0) is 26.1. The Morgan fingerprint density at radius 1 is 1.25 bits per heavy atom. The quantitative estimate of drug-likeness (QED) is 0.283. The maximum atomic E-state index is 14.2. The fraction of sp³-hybridized carbons (Fsp3) is 0.519. The van der Waals surface area contributed by atoms with Gasteiger partial charge in [0.25, 0.3) is 5.91 Å². The van der Waals surface area contributed by atoms with Crippen LogP contribution in [0.4, 0.5) is 5.69 Å². The van der Waals surface area contributed by atoms with Crippen LogP contribution in [-0.4, -0.2) is 78.4 Å². The van der Waals surface area contributed by atoms with Crippen LogP contribution in [0, 0.1) is 11.8 Å². The summed E-state index contributed by atoms with van der Waals surface area (Å²) in [4.78, 5) is 44.1. The van der Waals surface area contributed by atoms with Crippen LogP contribution in [-0.2, 0) is 23.9 Å². The van der Waals surface area contributed by atoms with E-state index in [2.05, 4.69) is 13.2 Å². The SMILES string of the molecule is C=CCCOC(=O)[C@H]1[C@H]2C(=O)N(CCO)C(C(=O)N(CC=C)c3ccc(OC)cc3)C23CC[C@]1(C)O3. The topological polar surface area (TPSA) is 106 Å². The Morgan fingerprint density at radius 3 is 2.58 bits per heavy atom. The van der Waals surface area contributed by atoms with E-state index in [4.69, 9.17) is 14.2 Å². The number of anilines is 1. The van der Waals surface area contributed by atoms with Crippen LogP contribution in [0.2, 0.25) is 0 Å². The lowest BCUT2D eigenvalue weighted by Gasteiger charge is -2.36. The molecule has 0 aliphatic carbocycles. The van der Waals surface area contributed by atoms with Crippen molar-refractivity contribution in [3.8, 4) is 5.75 Å². The number of amides is 2. The van der Waals surface area contributed by atoms with Gasteiger partial charge in [0.05, 0.1) is 31.8 Å². The number of aliphatic hydroxyl groups is 1. The number of β-amino-alcohol motifs (C(OH)–C–C–N with tert-alkyl or cyclic N) is 1. The summed E-state index contributed by atoms with van der Waals surface area (Å²) in [7, 11) is 1.56. The minimum Gasteiger partial charge on any atom is -0.497 e. The highest BCUT2D eigenvalue weighted by Gasteiger charge is 2.78. The van der Waals surface area contributed by atoms with Crippen molar-refractivity contribution >= 4 is 23.5 Å². The first-order valence-electron chi connectivity index (χ1n) is 12.2. The second-order valence-corrected chi connectivity index (χ2v) is 9.66. The van der Waals surface area contributed by atoms with Gasteiger partial charge in [-0.15, -0.1) is 13.2 Å². The number of carbonyl (C=O) groups is 3. The van der Waals surface area contributed by atoms with Crippen LogP contribution in [0.1, 0.15) is 26.2 Å². The van der Waals surface area contributed by atoms with Crippen molar-refractivity contribution in [2.75, 3.05) is 38.3 Å². The molecule has 3 heterocycles. The van der Waals surface area contributed by atoms with Gasteiger partial charge in [0.2, 0.25) is 5.91 Å². The Bertz CT molecular complexity index is 1040. The summed E-state index contributed by atoms with van der Waals surface area (Å²) in [6.45, 7) is 9.24. The maximum absolute atomic E-state index is 14.2. The van der Waals surface area contributed by atoms with Crippen molar-refractivity contribution in [2.24, 2.45) is 11.8 Å². The van der Waals surface area contributed by atoms with Crippen molar-refractivity contribution in [3.63, 3.8) is 0 Å². The molecule has 3 aliphatic heterocycles. The summed E-state index contributed by atoms with van der Waals surface area (Å²) in [5.41, 5.74) is -1.50. The first kappa shape index (κ1) is 25.9. The average Bonchev–Trinajstić information content (AvgIpc) is 3.43. The van der Waals surface area contributed by atoms with Gasteiger partial charge in [0.15, 0.2) is 0 Å². The van der Waals surface area contributed by atoms with Crippen LogP contribution in [0.3, 0.4) is 0 Å². The van der Waals surface area contributed by atoms with Gasteiger partial charge in [-0.1, -0.05) is 12.2 Å². The zero-order valence-electron chi connectivity index (χ0n) is 20.9. The number of aliphatic hydroxyl groups excluding tert-OH is 1. The second kappa shape index (κ2) is 10.1. The molecule has 1 spiro atoms. The maximum Gasteiger partial charge on any atom is 0.312 e. The van der Waals surface area contributed by atoms with Gasteiger partial charge in [-0.2, -0.15) is 0 Å². The van der Waals surface area contributed by atoms with Gasteiger partial charge < -0.3 is 29.1 Å². The molecule has 5 atom stereocenters. The number of hydrogen-bond donors (Lipinski definition) is 1. The van der Waals surface area contributed by atoms with Gasteiger partial charge >= 0.3 is 5.97 Å². The highest BCUT2D eigenvalue weighted by Crippen LogP contribution is 2.63. The molecule has 3 saturated heterocycles. The van der Waals surface area contributed by atoms with Crippen molar-refractivity contribution in [1.82, 2.24) is 4.90 Å². The average molecular weight is 499 g/mol. The Morgan fingerprint density at radius 2 is 1.97 bits per heavy atom. The number of carbonyl (C=O) groups excluding carboxylic acids is 3. The van der Waals surface area contributed by atoms with Crippen LogP contribution in [0.15, 0.2) is 49.6 Å². The molecule has 2 bridgehead atoms. The molecule has 1 N–H and O–H groups in total. The van der Waals surface area contributed by atoms with Crippen LogP contribution in [0.25, 0.3) is 0 Å². The van der Waals surface area contributed by atoms with Gasteiger partial charge in [-0.25, -0.2) is 0 Å². The number of esters is 1. The number of hydrogen-bond acceptors (Lipinski definition) is 7. The molecule has 0 aromatic heterocycles. The Kier molecular flexibility index (Phi) is 7.24. The van der Waals surface area contributed by atoms with Crippen LogP contribution in [0.5, 0.6) is 5.75 Å². The smallest absolute Gasteiger partial charge is 0.312 e. The number of methoxy groups -OCH3 is 1. The lowest BCUT2D eigenvalue weighted by molar-refractivity contribution is -0.159. The Balaban J connectivity index is 1.73. The summed E-state index contributed by atoms with van der Waals surface area (Å²) >= 11 is 0. The molecule has 4 rings (SSSR count). The molecule has 2 amide bonds. The molecule has 0 radical (unpaired) electrons. The van der Waals surface area contributed by atoms with E-state index < -0.39 is 35.0 Å². The van der Waals surface area contributed by atoms with Crippen molar-refractivity contribution < 1.29 is 33.7 Å². The van der Waals surface area contributed by atoms with E-state index >= 15 is 0 Å². The molecule has 1 aromatic carbocycles. The Labute approximate surface area is 211 Å². The predicted molar refractivity (Wildman–Crippen MR) is 132 cm³/mol. The van der Waals surface area contributed by atoms with E-state index in [9.17, 15) is 19.5 Å². The molecule has 0 saturated carbocycles. The number of benzene rings is 1. The summed E-state index contributed by atoms with van der Waals surface area (Å²) in [5, 5.41) is 9.77. The molecule has 2 unspecified atom stereocenters. The van der Waals surface area contributed by atoms with Gasteiger partial charge in [-0.05, 0) is 50.5 Å². The molecule has 194 valence electrons. The molecule has 3 fully saturated rings.